The summed E-state index contributed by atoms with van der Waals surface area (Å²) in [5, 5.41) is 17.7. The molecule has 1 fully saturated rings. The Morgan fingerprint density at radius 2 is 1.96 bits per heavy atom. The van der Waals surface area contributed by atoms with Crippen molar-refractivity contribution in [1.29, 1.82) is 0 Å². The molecule has 0 spiro atoms. The topological polar surface area (TPSA) is 127 Å². The molecule has 1 atom stereocenters. The van der Waals surface area contributed by atoms with Crippen LogP contribution in [0.15, 0.2) is 59.9 Å². The maximum absolute atomic E-state index is 13.5. The number of carbonyl (C=O) groups is 3. The average Bonchev–Trinajstić information content (AvgIpc) is 3.84. The van der Waals surface area contributed by atoms with Gasteiger partial charge < -0.3 is 10.2 Å². The number of aromatic nitrogens is 5. The summed E-state index contributed by atoms with van der Waals surface area (Å²) >= 11 is 7.79. The average molecular weight is 743 g/mol. The fourth-order valence-electron chi connectivity index (χ4n) is 6.52. The van der Waals surface area contributed by atoms with E-state index in [9.17, 15) is 14.4 Å². The predicted molar refractivity (Wildman–Crippen MR) is 204 cm³/mol. The molecule has 266 valence electrons. The van der Waals surface area contributed by atoms with E-state index in [1.807, 2.05) is 42.1 Å². The third kappa shape index (κ3) is 7.29. The second kappa shape index (κ2) is 15.4. The Balaban J connectivity index is 1.04. The van der Waals surface area contributed by atoms with E-state index in [4.69, 9.17) is 16.6 Å². The highest BCUT2D eigenvalue weighted by molar-refractivity contribution is 7.15. The van der Waals surface area contributed by atoms with Crippen LogP contribution < -0.4 is 5.32 Å². The van der Waals surface area contributed by atoms with E-state index < -0.39 is 11.9 Å². The quantitative estimate of drug-likeness (QED) is 0.133. The Morgan fingerprint density at radius 3 is 2.75 bits per heavy atom. The summed E-state index contributed by atoms with van der Waals surface area (Å²) in [5.41, 5.74) is 5.61. The molecule has 2 aliphatic heterocycles. The van der Waals surface area contributed by atoms with Crippen molar-refractivity contribution in [2.75, 3.05) is 13.6 Å². The number of nitrogens with one attached hydrogen (secondary N) is 1. The molecule has 2 amide bonds. The third-order valence-corrected chi connectivity index (χ3v) is 10.7. The molecule has 53 heavy (non-hydrogen) atoms. The molecule has 0 saturated carbocycles. The van der Waals surface area contributed by atoms with Crippen LogP contribution >= 0.6 is 22.9 Å². The predicted octanol–water partition coefficient (Wildman–Crippen LogP) is 5.54. The van der Waals surface area contributed by atoms with Gasteiger partial charge in [0.15, 0.2) is 12.1 Å². The molecule has 2 aromatic carbocycles. The van der Waals surface area contributed by atoms with Crippen molar-refractivity contribution in [3.8, 4) is 28.7 Å². The molecule has 2 aliphatic rings. The van der Waals surface area contributed by atoms with Crippen LogP contribution in [0.2, 0.25) is 5.02 Å². The monoisotopic (exact) mass is 742 g/mol. The van der Waals surface area contributed by atoms with Gasteiger partial charge in [0.1, 0.15) is 23.4 Å². The third-order valence-electron chi connectivity index (χ3n) is 9.30. The minimum absolute atomic E-state index is 0.188. The zero-order valence-electron chi connectivity index (χ0n) is 29.4. The molecule has 0 bridgehead atoms. The maximum Gasteiger partial charge on any atom is 0.256 e. The first kappa shape index (κ1) is 35.6. The van der Waals surface area contributed by atoms with Gasteiger partial charge in [0, 0.05) is 60.0 Å². The Labute approximate surface area is 316 Å². The molecule has 5 heterocycles. The number of fused-ring (bicyclic) bond motifs is 3. The number of hydrogen-bond acceptors (Lipinski definition) is 8. The fraction of sp³-hybridized carbons (Fsp3) is 0.275. The summed E-state index contributed by atoms with van der Waals surface area (Å²) in [5.74, 6) is 13.9. The van der Waals surface area contributed by atoms with Gasteiger partial charge in [-0.2, -0.15) is 5.10 Å². The molecule has 1 N–H and O–H groups in total. The number of likely N-dealkylation sites (N-methyl/N-ethyl adjacent to an activating group) is 1. The summed E-state index contributed by atoms with van der Waals surface area (Å²) < 4.78 is 3.91. The van der Waals surface area contributed by atoms with Crippen LogP contribution in [0.4, 0.5) is 0 Å². The van der Waals surface area contributed by atoms with E-state index in [1.165, 1.54) is 4.90 Å². The van der Waals surface area contributed by atoms with Crippen molar-refractivity contribution < 1.29 is 14.4 Å². The molecule has 3 aromatic heterocycles. The highest BCUT2D eigenvalue weighted by atomic mass is 35.5. The summed E-state index contributed by atoms with van der Waals surface area (Å²) in [6, 6.07) is 12.1. The Morgan fingerprint density at radius 1 is 1.13 bits per heavy atom. The van der Waals surface area contributed by atoms with Crippen LogP contribution in [0.3, 0.4) is 0 Å². The Kier molecular flexibility index (Phi) is 10.4. The standard InChI is InChI=1S/C40H35ClN8O3S/c1-25-33(53-40-35(25)37(29-14-16-31(41)17-15-29)43-22-34-46-45-26(2)49(34)40)18-13-27-21-44-48(23-27)20-6-4-5-9-28-10-7-11-30(24-50)36(28)39(52)47(3)32-12-8-19-42-38(32)51/h7,10-11,14-17,21,23-24,32H,4,6,8,12,19-20,22H2,1-3H3,(H,42,51). The molecular formula is C40H35ClN8O3S. The maximum atomic E-state index is 13.5. The van der Waals surface area contributed by atoms with Crippen LogP contribution in [-0.2, 0) is 17.9 Å². The molecular weight excluding hydrogens is 708 g/mol. The van der Waals surface area contributed by atoms with E-state index in [0.29, 0.717) is 55.8 Å². The number of halogens is 1. The highest BCUT2D eigenvalue weighted by Gasteiger charge is 2.31. The van der Waals surface area contributed by atoms with Gasteiger partial charge in [-0.15, -0.1) is 21.5 Å². The summed E-state index contributed by atoms with van der Waals surface area (Å²) in [7, 11) is 1.59. The number of hydrogen-bond donors (Lipinski definition) is 1. The molecule has 13 heteroatoms. The highest BCUT2D eigenvalue weighted by Crippen LogP contribution is 2.36. The summed E-state index contributed by atoms with van der Waals surface area (Å²) in [6.07, 6.45) is 6.93. The van der Waals surface area contributed by atoms with Gasteiger partial charge in [-0.3, -0.25) is 28.6 Å². The first-order valence-corrected chi connectivity index (χ1v) is 18.4. The van der Waals surface area contributed by atoms with Crippen molar-refractivity contribution in [3.05, 3.63) is 115 Å². The number of amides is 2. The Bertz CT molecular complexity index is 2400. The number of aldehydes is 1. The smallest absolute Gasteiger partial charge is 0.256 e. The first-order chi connectivity index (χ1) is 25.7. The number of rotatable bonds is 7. The first-order valence-electron chi connectivity index (χ1n) is 17.2. The lowest BCUT2D eigenvalue weighted by atomic mass is 9.98. The molecule has 0 aliphatic carbocycles. The van der Waals surface area contributed by atoms with Gasteiger partial charge in [-0.25, -0.2) is 0 Å². The van der Waals surface area contributed by atoms with E-state index in [-0.39, 0.29) is 17.0 Å². The Hall–Kier alpha value is -5.82. The number of aryl methyl sites for hydroxylation is 2. The van der Waals surface area contributed by atoms with Crippen molar-refractivity contribution in [2.24, 2.45) is 4.99 Å². The van der Waals surface area contributed by atoms with Crippen molar-refractivity contribution in [3.63, 3.8) is 0 Å². The molecule has 1 unspecified atom stereocenters. The molecule has 5 aromatic rings. The summed E-state index contributed by atoms with van der Waals surface area (Å²) in [6.45, 7) is 5.65. The van der Waals surface area contributed by atoms with Crippen LogP contribution in [0.25, 0.3) is 5.00 Å². The second-order valence-electron chi connectivity index (χ2n) is 12.8. The van der Waals surface area contributed by atoms with Crippen LogP contribution in [0.1, 0.15) is 90.7 Å². The number of benzene rings is 2. The van der Waals surface area contributed by atoms with Gasteiger partial charge in [-0.05, 0) is 56.9 Å². The van der Waals surface area contributed by atoms with E-state index in [2.05, 4.69) is 55.8 Å². The number of unbranched alkanes of at least 4 members (excludes halogenated alkanes) is 1. The number of thiophene rings is 1. The molecule has 0 radical (unpaired) electrons. The van der Waals surface area contributed by atoms with Crippen LogP contribution in [0.5, 0.6) is 0 Å². The van der Waals surface area contributed by atoms with Gasteiger partial charge in [0.05, 0.1) is 27.9 Å². The zero-order chi connectivity index (χ0) is 37.1. The van der Waals surface area contributed by atoms with Gasteiger partial charge >= 0.3 is 0 Å². The van der Waals surface area contributed by atoms with E-state index in [1.54, 1.807) is 42.8 Å². The van der Waals surface area contributed by atoms with Crippen molar-refractivity contribution >= 4 is 46.7 Å². The van der Waals surface area contributed by atoms with Crippen LogP contribution in [0, 0.1) is 37.5 Å². The molecule has 11 nitrogen and oxygen atoms in total. The van der Waals surface area contributed by atoms with Gasteiger partial charge in [0.2, 0.25) is 5.91 Å². The van der Waals surface area contributed by atoms with Crippen molar-refractivity contribution in [1.82, 2.24) is 34.8 Å². The molecule has 7 rings (SSSR count). The lowest BCUT2D eigenvalue weighted by Crippen LogP contribution is -2.51. The molecule has 1 saturated heterocycles. The number of piperidine rings is 1. The minimum Gasteiger partial charge on any atom is -0.354 e. The normalized spacial score (nSPS) is 14.7. The van der Waals surface area contributed by atoms with Gasteiger partial charge in [-0.1, -0.05) is 59.5 Å². The van der Waals surface area contributed by atoms with E-state index >= 15 is 0 Å². The fourth-order valence-corrected chi connectivity index (χ4v) is 7.88. The SMILES string of the molecule is Cc1c(C#Cc2cnn(CCCC#Cc3cccc(C=O)c3C(=O)N(C)C3CCCNC3=O)c2)sc2c1C(c1ccc(Cl)cc1)=NCc1nnc(C)n1-2. The number of nitrogens with zero attached hydrogens (tertiary/aromatic N) is 7. The van der Waals surface area contributed by atoms with E-state index in [0.717, 1.165) is 55.9 Å². The number of aliphatic imine (C=N–C) groups is 1. The lowest BCUT2D eigenvalue weighted by Gasteiger charge is -2.31. The number of carbonyl (C=O) groups excluding carboxylic acids is 3. The largest absolute Gasteiger partial charge is 0.354 e. The minimum atomic E-state index is -0.584. The van der Waals surface area contributed by atoms with Gasteiger partial charge in [0.25, 0.3) is 5.91 Å². The lowest BCUT2D eigenvalue weighted by molar-refractivity contribution is -0.126. The zero-order valence-corrected chi connectivity index (χ0v) is 31.0. The second-order valence-corrected chi connectivity index (χ2v) is 14.2. The summed E-state index contributed by atoms with van der Waals surface area (Å²) in [4.78, 5) is 45.1. The van der Waals surface area contributed by atoms with Crippen LogP contribution in [-0.4, -0.2) is 72.9 Å². The van der Waals surface area contributed by atoms with Crippen molar-refractivity contribution in [2.45, 2.75) is 58.7 Å².